The van der Waals surface area contributed by atoms with Gasteiger partial charge in [-0.2, -0.15) is 0 Å². The maximum Gasteiger partial charge on any atom is 0.337 e. The van der Waals surface area contributed by atoms with Crippen LogP contribution in [0.3, 0.4) is 0 Å². The molecule has 2 rings (SSSR count). The minimum Gasteiger partial charge on any atom is -0.508 e. The van der Waals surface area contributed by atoms with Crippen molar-refractivity contribution in [1.82, 2.24) is 0 Å². The molecule has 0 aliphatic heterocycles. The zero-order valence-electron chi connectivity index (χ0n) is 7.77. The van der Waals surface area contributed by atoms with Crippen molar-refractivity contribution in [3.8, 4) is 5.75 Å². The van der Waals surface area contributed by atoms with Gasteiger partial charge in [0.25, 0.3) is 0 Å². The predicted molar refractivity (Wildman–Crippen MR) is 57.0 cm³/mol. The lowest BCUT2D eigenvalue weighted by Gasteiger charge is -2.05. The number of benzene rings is 2. The highest BCUT2D eigenvalue weighted by Crippen LogP contribution is 2.27. The number of carboxylic acids is 1. The molecule has 0 saturated heterocycles. The number of nitrogen functional groups attached to an aromatic ring is 1. The number of aromatic hydroxyl groups is 1. The maximum atomic E-state index is 10.8. The van der Waals surface area contributed by atoms with Gasteiger partial charge in [-0.1, -0.05) is 6.07 Å². The highest BCUT2D eigenvalue weighted by atomic mass is 16.4. The number of phenolic OH excluding ortho intramolecular Hbond substituents is 1. The largest absolute Gasteiger partial charge is 0.508 e. The Morgan fingerprint density at radius 3 is 2.60 bits per heavy atom. The minimum atomic E-state index is -1.05. The van der Waals surface area contributed by atoms with Crippen LogP contribution >= 0.6 is 0 Å². The Morgan fingerprint density at radius 1 is 1.20 bits per heavy atom. The Bertz CT molecular complexity index is 549. The minimum absolute atomic E-state index is 0.0770. The number of nitrogens with two attached hydrogens (primary N) is 1. The summed E-state index contributed by atoms with van der Waals surface area (Å²) in [5.41, 5.74) is 6.01. The van der Waals surface area contributed by atoms with Gasteiger partial charge >= 0.3 is 5.97 Å². The number of hydrogen-bond donors (Lipinski definition) is 3. The van der Waals surface area contributed by atoms with E-state index < -0.39 is 5.97 Å². The topological polar surface area (TPSA) is 83.6 Å². The standard InChI is InChI=1S/C11H9NO3/c12-10-8-4-2-7(13)5-6(8)1-3-9(10)11(14)15/h1-5,13H,12H2,(H,14,15). The van der Waals surface area contributed by atoms with E-state index in [0.29, 0.717) is 5.39 Å². The van der Waals surface area contributed by atoms with Gasteiger partial charge in [0.05, 0.1) is 11.3 Å². The molecule has 76 valence electrons. The SMILES string of the molecule is Nc1c(C(=O)O)ccc2cc(O)ccc12. The average Bonchev–Trinajstić information content (AvgIpc) is 2.17. The number of carbonyl (C=O) groups is 1. The van der Waals surface area contributed by atoms with Crippen LogP contribution in [0.4, 0.5) is 5.69 Å². The summed E-state index contributed by atoms with van der Waals surface area (Å²) in [6.45, 7) is 0. The fourth-order valence-corrected chi connectivity index (χ4v) is 1.53. The summed E-state index contributed by atoms with van der Waals surface area (Å²) in [5.74, 6) is -0.924. The van der Waals surface area contributed by atoms with Crippen LogP contribution in [0, 0.1) is 0 Å². The molecule has 2 aromatic rings. The molecule has 0 amide bonds. The molecule has 4 nitrogen and oxygen atoms in total. The van der Waals surface area contributed by atoms with Crippen molar-refractivity contribution >= 4 is 22.4 Å². The summed E-state index contributed by atoms with van der Waals surface area (Å²) in [6.07, 6.45) is 0. The Hall–Kier alpha value is -2.23. The van der Waals surface area contributed by atoms with Crippen LogP contribution in [-0.4, -0.2) is 16.2 Å². The Kier molecular flexibility index (Phi) is 1.97. The molecule has 2 aromatic carbocycles. The van der Waals surface area contributed by atoms with E-state index in [0.717, 1.165) is 5.39 Å². The van der Waals surface area contributed by atoms with E-state index in [-0.39, 0.29) is 17.0 Å². The smallest absolute Gasteiger partial charge is 0.337 e. The van der Waals surface area contributed by atoms with E-state index in [1.807, 2.05) is 0 Å². The molecule has 0 fully saturated rings. The third kappa shape index (κ3) is 1.46. The first kappa shape index (κ1) is 9.33. The van der Waals surface area contributed by atoms with Crippen molar-refractivity contribution in [2.45, 2.75) is 0 Å². The quantitative estimate of drug-likeness (QED) is 0.617. The van der Waals surface area contributed by atoms with Crippen molar-refractivity contribution in [3.05, 3.63) is 35.9 Å². The highest BCUT2D eigenvalue weighted by molar-refractivity contribution is 6.05. The van der Waals surface area contributed by atoms with Gasteiger partial charge in [0.15, 0.2) is 0 Å². The number of phenols is 1. The van der Waals surface area contributed by atoms with Crippen LogP contribution < -0.4 is 5.73 Å². The fraction of sp³-hybridized carbons (Fsp3) is 0. The molecule has 0 atom stereocenters. The first-order valence-electron chi connectivity index (χ1n) is 4.34. The Labute approximate surface area is 85.6 Å². The Morgan fingerprint density at radius 2 is 1.93 bits per heavy atom. The fourth-order valence-electron chi connectivity index (χ4n) is 1.53. The van der Waals surface area contributed by atoms with E-state index >= 15 is 0 Å². The molecule has 15 heavy (non-hydrogen) atoms. The summed E-state index contributed by atoms with van der Waals surface area (Å²) >= 11 is 0. The van der Waals surface area contributed by atoms with Crippen molar-refractivity contribution in [3.63, 3.8) is 0 Å². The molecule has 4 N–H and O–H groups in total. The Balaban J connectivity index is 2.80. The number of fused-ring (bicyclic) bond motifs is 1. The lowest BCUT2D eigenvalue weighted by atomic mass is 10.0. The van der Waals surface area contributed by atoms with Gasteiger partial charge < -0.3 is 15.9 Å². The monoisotopic (exact) mass is 203 g/mol. The summed E-state index contributed by atoms with van der Waals surface area (Å²) in [6, 6.07) is 7.67. The van der Waals surface area contributed by atoms with Gasteiger partial charge in [0, 0.05) is 5.39 Å². The number of aromatic carboxylic acids is 1. The average molecular weight is 203 g/mol. The van der Waals surface area contributed by atoms with Crippen LogP contribution in [0.1, 0.15) is 10.4 Å². The lowest BCUT2D eigenvalue weighted by Crippen LogP contribution is -2.02. The van der Waals surface area contributed by atoms with Crippen molar-refractivity contribution in [2.75, 3.05) is 5.73 Å². The zero-order valence-corrected chi connectivity index (χ0v) is 7.77. The summed E-state index contributed by atoms with van der Waals surface area (Å²) in [7, 11) is 0. The number of hydrogen-bond acceptors (Lipinski definition) is 3. The van der Waals surface area contributed by atoms with Crippen LogP contribution in [0.15, 0.2) is 30.3 Å². The van der Waals surface area contributed by atoms with Crippen LogP contribution in [-0.2, 0) is 0 Å². The van der Waals surface area contributed by atoms with E-state index in [1.165, 1.54) is 18.2 Å². The predicted octanol–water partition coefficient (Wildman–Crippen LogP) is 1.83. The second-order valence-electron chi connectivity index (χ2n) is 3.24. The number of carboxylic acid groups (broad SMARTS) is 1. The van der Waals surface area contributed by atoms with E-state index in [1.54, 1.807) is 12.1 Å². The lowest BCUT2D eigenvalue weighted by molar-refractivity contribution is 0.0698. The number of rotatable bonds is 1. The van der Waals surface area contributed by atoms with Gasteiger partial charge in [-0.25, -0.2) is 4.79 Å². The molecule has 0 aromatic heterocycles. The number of anilines is 1. The summed E-state index contributed by atoms with van der Waals surface area (Å²) < 4.78 is 0. The summed E-state index contributed by atoms with van der Waals surface area (Å²) in [5, 5.41) is 19.4. The molecule has 0 spiro atoms. The first-order chi connectivity index (χ1) is 7.09. The molecule has 0 aliphatic carbocycles. The van der Waals surface area contributed by atoms with Gasteiger partial charge in [-0.15, -0.1) is 0 Å². The van der Waals surface area contributed by atoms with Crippen LogP contribution in [0.5, 0.6) is 5.75 Å². The molecule has 0 saturated carbocycles. The van der Waals surface area contributed by atoms with Gasteiger partial charge in [-0.3, -0.25) is 0 Å². The first-order valence-corrected chi connectivity index (χ1v) is 4.34. The van der Waals surface area contributed by atoms with Crippen LogP contribution in [0.25, 0.3) is 10.8 Å². The third-order valence-corrected chi connectivity index (χ3v) is 2.28. The zero-order chi connectivity index (χ0) is 11.0. The molecule has 0 unspecified atom stereocenters. The van der Waals surface area contributed by atoms with E-state index in [2.05, 4.69) is 0 Å². The second kappa shape index (κ2) is 3.16. The van der Waals surface area contributed by atoms with Gasteiger partial charge in [-0.05, 0) is 29.7 Å². The van der Waals surface area contributed by atoms with Crippen molar-refractivity contribution in [1.29, 1.82) is 0 Å². The van der Waals surface area contributed by atoms with E-state index in [9.17, 15) is 9.90 Å². The van der Waals surface area contributed by atoms with Crippen LogP contribution in [0.2, 0.25) is 0 Å². The molecular formula is C11H9NO3. The maximum absolute atomic E-state index is 10.8. The van der Waals surface area contributed by atoms with Gasteiger partial charge in [0.1, 0.15) is 5.75 Å². The molecule has 0 heterocycles. The molecule has 4 heteroatoms. The second-order valence-corrected chi connectivity index (χ2v) is 3.24. The molecule has 0 radical (unpaired) electrons. The van der Waals surface area contributed by atoms with Crippen molar-refractivity contribution < 1.29 is 15.0 Å². The normalized spacial score (nSPS) is 10.4. The highest BCUT2D eigenvalue weighted by Gasteiger charge is 2.10. The molecule has 0 bridgehead atoms. The van der Waals surface area contributed by atoms with Gasteiger partial charge in [0.2, 0.25) is 0 Å². The third-order valence-electron chi connectivity index (χ3n) is 2.28. The molecular weight excluding hydrogens is 194 g/mol. The summed E-state index contributed by atoms with van der Waals surface area (Å²) in [4.78, 5) is 10.8. The van der Waals surface area contributed by atoms with E-state index in [4.69, 9.17) is 10.8 Å². The molecule has 0 aliphatic rings. The van der Waals surface area contributed by atoms with Crippen molar-refractivity contribution in [2.24, 2.45) is 0 Å².